The number of halogens is 1. The molecule has 0 aliphatic carbocycles. The van der Waals surface area contributed by atoms with Gasteiger partial charge >= 0.3 is 0 Å². The Morgan fingerprint density at radius 3 is 2.53 bits per heavy atom. The van der Waals surface area contributed by atoms with E-state index >= 15 is 0 Å². The minimum Gasteiger partial charge on any atom is -0.383 e. The van der Waals surface area contributed by atoms with Crippen LogP contribution in [-0.2, 0) is 21.2 Å². The SMILES string of the molecule is O=C(CCc1ccc(S(=O)(=O)N2CCCCC2)cc1)NCCNc1ccnc2cc(Cl)ccc12. The number of rotatable bonds is 9. The van der Waals surface area contributed by atoms with Crippen LogP contribution in [-0.4, -0.2) is 49.8 Å². The molecule has 1 aliphatic heterocycles. The highest BCUT2D eigenvalue weighted by Crippen LogP contribution is 2.24. The second-order valence-corrected chi connectivity index (χ2v) is 10.8. The molecule has 0 atom stereocenters. The minimum atomic E-state index is -3.43. The molecule has 3 aromatic rings. The number of pyridine rings is 1. The Labute approximate surface area is 205 Å². The van der Waals surface area contributed by atoms with Gasteiger partial charge < -0.3 is 10.6 Å². The molecule has 1 saturated heterocycles. The van der Waals surface area contributed by atoms with Gasteiger partial charge in [-0.15, -0.1) is 0 Å². The second-order valence-electron chi connectivity index (χ2n) is 8.41. The molecule has 0 radical (unpaired) electrons. The van der Waals surface area contributed by atoms with Gasteiger partial charge in [-0.2, -0.15) is 4.31 Å². The van der Waals surface area contributed by atoms with E-state index in [1.54, 1.807) is 34.8 Å². The lowest BCUT2D eigenvalue weighted by Crippen LogP contribution is -2.35. The summed E-state index contributed by atoms with van der Waals surface area (Å²) in [5, 5.41) is 7.86. The molecule has 2 aromatic carbocycles. The zero-order valence-corrected chi connectivity index (χ0v) is 20.5. The summed E-state index contributed by atoms with van der Waals surface area (Å²) in [6, 6.07) is 14.4. The third-order valence-corrected chi connectivity index (χ3v) is 8.13. The highest BCUT2D eigenvalue weighted by Gasteiger charge is 2.25. The van der Waals surface area contributed by atoms with Gasteiger partial charge in [0, 0.05) is 54.9 Å². The summed E-state index contributed by atoms with van der Waals surface area (Å²) < 4.78 is 27.1. The zero-order valence-electron chi connectivity index (χ0n) is 19.0. The maximum Gasteiger partial charge on any atom is 0.243 e. The summed E-state index contributed by atoms with van der Waals surface area (Å²) >= 11 is 6.03. The lowest BCUT2D eigenvalue weighted by molar-refractivity contribution is -0.120. The van der Waals surface area contributed by atoms with Crippen LogP contribution in [0.25, 0.3) is 10.9 Å². The second kappa shape index (κ2) is 11.2. The smallest absolute Gasteiger partial charge is 0.243 e. The van der Waals surface area contributed by atoms with Crippen LogP contribution >= 0.6 is 11.6 Å². The Morgan fingerprint density at radius 1 is 1.00 bits per heavy atom. The monoisotopic (exact) mass is 500 g/mol. The number of nitrogens with zero attached hydrogens (tertiary/aromatic N) is 2. The number of aryl methyl sites for hydroxylation is 1. The van der Waals surface area contributed by atoms with Crippen molar-refractivity contribution < 1.29 is 13.2 Å². The van der Waals surface area contributed by atoms with Crippen LogP contribution in [0, 0.1) is 0 Å². The molecule has 1 amide bonds. The largest absolute Gasteiger partial charge is 0.383 e. The molecule has 2 heterocycles. The molecule has 4 rings (SSSR count). The van der Waals surface area contributed by atoms with Gasteiger partial charge in [-0.25, -0.2) is 8.42 Å². The fourth-order valence-corrected chi connectivity index (χ4v) is 5.79. The molecule has 0 bridgehead atoms. The quantitative estimate of drug-likeness (QED) is 0.429. The Hall–Kier alpha value is -2.68. The van der Waals surface area contributed by atoms with Crippen LogP contribution in [0.15, 0.2) is 59.6 Å². The van der Waals surface area contributed by atoms with Gasteiger partial charge in [0.1, 0.15) is 0 Å². The first-order chi connectivity index (χ1) is 16.4. The number of benzene rings is 2. The van der Waals surface area contributed by atoms with E-state index in [4.69, 9.17) is 11.6 Å². The number of amides is 1. The van der Waals surface area contributed by atoms with E-state index in [0.29, 0.717) is 48.9 Å². The number of nitrogens with one attached hydrogen (secondary N) is 2. The molecule has 0 spiro atoms. The molecule has 1 fully saturated rings. The molecule has 180 valence electrons. The van der Waals surface area contributed by atoms with Gasteiger partial charge in [0.2, 0.25) is 15.9 Å². The molecule has 1 aromatic heterocycles. The van der Waals surface area contributed by atoms with Crippen molar-refractivity contribution in [2.75, 3.05) is 31.5 Å². The fraction of sp³-hybridized carbons (Fsp3) is 0.360. The predicted octanol–water partition coefficient (Wildman–Crippen LogP) is 4.22. The van der Waals surface area contributed by atoms with Gasteiger partial charge in [0.15, 0.2) is 0 Å². The van der Waals surface area contributed by atoms with Crippen LogP contribution in [0.2, 0.25) is 5.02 Å². The van der Waals surface area contributed by atoms with Crippen molar-refractivity contribution >= 4 is 44.1 Å². The highest BCUT2D eigenvalue weighted by atomic mass is 35.5. The van der Waals surface area contributed by atoms with Crippen molar-refractivity contribution in [1.82, 2.24) is 14.6 Å². The minimum absolute atomic E-state index is 0.0433. The number of carbonyl (C=O) groups excluding carboxylic acids is 1. The number of hydrogen-bond acceptors (Lipinski definition) is 5. The third kappa shape index (κ3) is 6.05. The van der Waals surface area contributed by atoms with E-state index in [0.717, 1.165) is 41.4 Å². The van der Waals surface area contributed by atoms with E-state index in [-0.39, 0.29) is 5.91 Å². The average Bonchev–Trinajstić information content (AvgIpc) is 2.86. The van der Waals surface area contributed by atoms with Gasteiger partial charge in [-0.3, -0.25) is 9.78 Å². The Bertz CT molecular complexity index is 1240. The number of fused-ring (bicyclic) bond motifs is 1. The van der Waals surface area contributed by atoms with Crippen molar-refractivity contribution in [1.29, 1.82) is 0 Å². The normalized spacial score (nSPS) is 14.7. The third-order valence-electron chi connectivity index (χ3n) is 5.98. The molecular weight excluding hydrogens is 472 g/mol. The van der Waals surface area contributed by atoms with Gasteiger partial charge in [-0.05, 0) is 61.2 Å². The predicted molar refractivity (Wildman–Crippen MR) is 136 cm³/mol. The molecule has 2 N–H and O–H groups in total. The molecule has 1 aliphatic rings. The van der Waals surface area contributed by atoms with E-state index < -0.39 is 10.0 Å². The van der Waals surface area contributed by atoms with Crippen molar-refractivity contribution in [3.63, 3.8) is 0 Å². The van der Waals surface area contributed by atoms with Crippen molar-refractivity contribution in [2.45, 2.75) is 37.0 Å². The number of aromatic nitrogens is 1. The van der Waals surface area contributed by atoms with E-state index in [9.17, 15) is 13.2 Å². The topological polar surface area (TPSA) is 91.4 Å². The summed E-state index contributed by atoms with van der Waals surface area (Å²) in [5.41, 5.74) is 2.69. The number of hydrogen-bond donors (Lipinski definition) is 2. The van der Waals surface area contributed by atoms with Crippen molar-refractivity contribution in [2.24, 2.45) is 0 Å². The summed E-state index contributed by atoms with van der Waals surface area (Å²) in [7, 11) is -3.43. The average molecular weight is 501 g/mol. The van der Waals surface area contributed by atoms with Crippen molar-refractivity contribution in [3.8, 4) is 0 Å². The molecule has 9 heteroatoms. The highest BCUT2D eigenvalue weighted by molar-refractivity contribution is 7.89. The summed E-state index contributed by atoms with van der Waals surface area (Å²) in [4.78, 5) is 16.9. The fourth-order valence-electron chi connectivity index (χ4n) is 4.10. The van der Waals surface area contributed by atoms with Gasteiger partial charge in [0.05, 0.1) is 10.4 Å². The first kappa shape index (κ1) is 24.4. The number of anilines is 1. The van der Waals surface area contributed by atoms with Crippen LogP contribution in [0.3, 0.4) is 0 Å². The molecule has 34 heavy (non-hydrogen) atoms. The maximum absolute atomic E-state index is 12.7. The first-order valence-corrected chi connectivity index (χ1v) is 13.4. The molecule has 0 saturated carbocycles. The lowest BCUT2D eigenvalue weighted by atomic mass is 10.1. The zero-order chi connectivity index (χ0) is 24.0. The summed E-state index contributed by atoms with van der Waals surface area (Å²) in [6.07, 6.45) is 5.53. The maximum atomic E-state index is 12.7. The lowest BCUT2D eigenvalue weighted by Gasteiger charge is -2.25. The number of piperidine rings is 1. The van der Waals surface area contributed by atoms with E-state index in [1.807, 2.05) is 24.3 Å². The Morgan fingerprint density at radius 2 is 1.76 bits per heavy atom. The summed E-state index contributed by atoms with van der Waals surface area (Å²) in [5.74, 6) is -0.0433. The summed E-state index contributed by atoms with van der Waals surface area (Å²) in [6.45, 7) is 2.25. The standard InChI is InChI=1S/C25H29ClN4O3S/c26-20-7-10-22-23(12-13-27-24(22)18-20)28-14-15-29-25(31)11-6-19-4-8-21(9-5-19)34(32,33)30-16-2-1-3-17-30/h4-5,7-10,12-13,18H,1-3,6,11,14-17H2,(H,27,28)(H,29,31). The van der Waals surface area contributed by atoms with Crippen LogP contribution in [0.5, 0.6) is 0 Å². The molecule has 0 unspecified atom stereocenters. The number of sulfonamides is 1. The first-order valence-electron chi connectivity index (χ1n) is 11.6. The molecule has 7 nitrogen and oxygen atoms in total. The van der Waals surface area contributed by atoms with Gasteiger partial charge in [-0.1, -0.05) is 30.2 Å². The van der Waals surface area contributed by atoms with E-state index in [1.165, 1.54) is 0 Å². The van der Waals surface area contributed by atoms with Crippen LogP contribution in [0.1, 0.15) is 31.2 Å². The number of carbonyl (C=O) groups is 1. The van der Waals surface area contributed by atoms with Gasteiger partial charge in [0.25, 0.3) is 0 Å². The Kier molecular flexibility index (Phi) is 8.03. The van der Waals surface area contributed by atoms with Crippen LogP contribution < -0.4 is 10.6 Å². The Balaban J connectivity index is 1.22. The van der Waals surface area contributed by atoms with E-state index in [2.05, 4.69) is 15.6 Å². The van der Waals surface area contributed by atoms with Crippen molar-refractivity contribution in [3.05, 3.63) is 65.3 Å². The van der Waals surface area contributed by atoms with Crippen LogP contribution in [0.4, 0.5) is 5.69 Å². The molecular formula is C25H29ClN4O3S.